The van der Waals surface area contributed by atoms with Crippen LogP contribution < -0.4 is 14.8 Å². The molecule has 0 atom stereocenters. The maximum Gasteiger partial charge on any atom is 0.263 e. The monoisotopic (exact) mass is 407 g/mol. The lowest BCUT2D eigenvalue weighted by atomic mass is 10.1. The Morgan fingerprint density at radius 2 is 1.86 bits per heavy atom. The van der Waals surface area contributed by atoms with Gasteiger partial charge in [-0.05, 0) is 28.5 Å². The molecule has 28 heavy (non-hydrogen) atoms. The van der Waals surface area contributed by atoms with Crippen LogP contribution in [0, 0.1) is 0 Å². The first-order valence-electron chi connectivity index (χ1n) is 8.67. The van der Waals surface area contributed by atoms with Crippen LogP contribution in [0.1, 0.15) is 11.1 Å². The van der Waals surface area contributed by atoms with E-state index >= 15 is 0 Å². The molecule has 3 aromatic rings. The van der Waals surface area contributed by atoms with Gasteiger partial charge in [0.05, 0.1) is 12.0 Å². The van der Waals surface area contributed by atoms with E-state index in [-0.39, 0.29) is 5.91 Å². The van der Waals surface area contributed by atoms with Crippen molar-refractivity contribution in [2.75, 3.05) is 7.11 Å². The number of methoxy groups -OCH3 is 1. The Hall–Kier alpha value is -2.83. The highest BCUT2D eigenvalue weighted by molar-refractivity contribution is 8.26. The van der Waals surface area contributed by atoms with Crippen LogP contribution in [-0.4, -0.2) is 17.3 Å². The van der Waals surface area contributed by atoms with Crippen molar-refractivity contribution >= 4 is 51.1 Å². The third-order valence-corrected chi connectivity index (χ3v) is 5.57. The minimum absolute atomic E-state index is 0.196. The molecule has 1 aliphatic rings. The quantitative estimate of drug-likeness (QED) is 0.481. The van der Waals surface area contributed by atoms with Crippen LogP contribution in [0.5, 0.6) is 11.5 Å². The average molecular weight is 408 g/mol. The molecule has 0 saturated carbocycles. The largest absolute Gasteiger partial charge is 0.493 e. The van der Waals surface area contributed by atoms with Crippen LogP contribution in [0.2, 0.25) is 0 Å². The first-order chi connectivity index (χ1) is 13.7. The van der Waals surface area contributed by atoms with E-state index in [0.717, 1.165) is 16.5 Å². The lowest BCUT2D eigenvalue weighted by molar-refractivity contribution is -0.115. The second-order valence-electron chi connectivity index (χ2n) is 6.16. The molecule has 1 saturated heterocycles. The maximum atomic E-state index is 12.0. The molecule has 0 aliphatic carbocycles. The first kappa shape index (κ1) is 18.5. The zero-order chi connectivity index (χ0) is 19.5. The van der Waals surface area contributed by atoms with Gasteiger partial charge in [-0.3, -0.25) is 4.79 Å². The Bertz CT molecular complexity index is 1100. The van der Waals surface area contributed by atoms with Gasteiger partial charge in [-0.25, -0.2) is 0 Å². The van der Waals surface area contributed by atoms with Crippen molar-refractivity contribution in [2.45, 2.75) is 6.61 Å². The predicted molar refractivity (Wildman–Crippen MR) is 118 cm³/mol. The summed E-state index contributed by atoms with van der Waals surface area (Å²) in [4.78, 5) is 12.6. The summed E-state index contributed by atoms with van der Waals surface area (Å²) in [5.41, 5.74) is 1.85. The molecule has 6 heteroatoms. The van der Waals surface area contributed by atoms with E-state index in [0.29, 0.717) is 27.3 Å². The Morgan fingerprint density at radius 1 is 1.07 bits per heavy atom. The van der Waals surface area contributed by atoms with Crippen LogP contribution in [0.15, 0.2) is 65.6 Å². The van der Waals surface area contributed by atoms with Gasteiger partial charge >= 0.3 is 0 Å². The zero-order valence-electron chi connectivity index (χ0n) is 15.1. The van der Waals surface area contributed by atoms with Crippen LogP contribution in [0.3, 0.4) is 0 Å². The number of rotatable bonds is 5. The zero-order valence-corrected chi connectivity index (χ0v) is 16.7. The van der Waals surface area contributed by atoms with Gasteiger partial charge in [-0.2, -0.15) is 0 Å². The minimum Gasteiger partial charge on any atom is -0.493 e. The Labute approximate surface area is 172 Å². The molecule has 0 aromatic heterocycles. The fourth-order valence-electron chi connectivity index (χ4n) is 3.09. The van der Waals surface area contributed by atoms with E-state index in [9.17, 15) is 4.79 Å². The van der Waals surface area contributed by atoms with Gasteiger partial charge in [0, 0.05) is 5.56 Å². The molecule has 140 valence electrons. The summed E-state index contributed by atoms with van der Waals surface area (Å²) < 4.78 is 12.1. The Balaban J connectivity index is 1.68. The number of amides is 1. The van der Waals surface area contributed by atoms with Gasteiger partial charge in [0.1, 0.15) is 10.9 Å². The summed E-state index contributed by atoms with van der Waals surface area (Å²) in [6.07, 6.45) is 1.78. The van der Waals surface area contributed by atoms with Gasteiger partial charge in [-0.15, -0.1) is 0 Å². The van der Waals surface area contributed by atoms with E-state index in [1.165, 1.54) is 17.1 Å². The van der Waals surface area contributed by atoms with Crippen molar-refractivity contribution in [1.82, 2.24) is 5.32 Å². The van der Waals surface area contributed by atoms with E-state index in [1.807, 2.05) is 36.4 Å². The molecular weight excluding hydrogens is 390 g/mol. The smallest absolute Gasteiger partial charge is 0.263 e. The summed E-state index contributed by atoms with van der Waals surface area (Å²) in [6.45, 7) is 0.385. The lowest BCUT2D eigenvalue weighted by Gasteiger charge is -2.15. The number of carbonyl (C=O) groups excluding carboxylic acids is 1. The third kappa shape index (κ3) is 3.74. The number of carbonyl (C=O) groups is 1. The maximum absolute atomic E-state index is 12.0. The van der Waals surface area contributed by atoms with E-state index in [2.05, 4.69) is 29.6 Å². The van der Waals surface area contributed by atoms with Crippen molar-refractivity contribution in [3.8, 4) is 11.5 Å². The lowest BCUT2D eigenvalue weighted by Crippen LogP contribution is -2.17. The highest BCUT2D eigenvalue weighted by Crippen LogP contribution is 2.36. The molecule has 0 radical (unpaired) electrons. The standard InChI is InChI=1S/C22H17NO3S2/c1-25-18-11-5-8-15(12-19-21(24)23-22(27)28-19)20(18)26-13-16-9-4-7-14-6-2-3-10-17(14)16/h2-12H,13H2,1H3,(H,23,24,27)/b19-12-. The molecule has 0 spiro atoms. The van der Waals surface area contributed by atoms with Crippen LogP contribution in [-0.2, 0) is 11.4 Å². The number of thiocarbonyl (C=S) groups is 1. The predicted octanol–water partition coefficient (Wildman–Crippen LogP) is 4.92. The number of hydrogen-bond acceptors (Lipinski definition) is 5. The summed E-state index contributed by atoms with van der Waals surface area (Å²) in [5.74, 6) is 1.01. The van der Waals surface area contributed by atoms with Crippen LogP contribution >= 0.6 is 24.0 Å². The Kier molecular flexibility index (Phi) is 5.32. The SMILES string of the molecule is COc1cccc(/C=C2\SC(=S)NC2=O)c1OCc1cccc2ccccc12. The number of fused-ring (bicyclic) bond motifs is 1. The van der Waals surface area contributed by atoms with Gasteiger partial charge < -0.3 is 14.8 Å². The van der Waals surface area contributed by atoms with Crippen molar-refractivity contribution in [2.24, 2.45) is 0 Å². The van der Waals surface area contributed by atoms with E-state index in [4.69, 9.17) is 21.7 Å². The number of nitrogens with one attached hydrogen (secondary N) is 1. The van der Waals surface area contributed by atoms with Gasteiger partial charge in [-0.1, -0.05) is 78.6 Å². The van der Waals surface area contributed by atoms with Crippen molar-refractivity contribution in [1.29, 1.82) is 0 Å². The first-order valence-corrected chi connectivity index (χ1v) is 9.89. The van der Waals surface area contributed by atoms with Gasteiger partial charge in [0.15, 0.2) is 11.5 Å². The molecule has 1 heterocycles. The average Bonchev–Trinajstić information content (AvgIpc) is 3.03. The molecule has 3 aromatic carbocycles. The van der Waals surface area contributed by atoms with E-state index < -0.39 is 0 Å². The van der Waals surface area contributed by atoms with Crippen molar-refractivity contribution in [3.05, 3.63) is 76.7 Å². The minimum atomic E-state index is -0.196. The second kappa shape index (κ2) is 8.04. The van der Waals surface area contributed by atoms with Crippen LogP contribution in [0.4, 0.5) is 0 Å². The molecule has 0 unspecified atom stereocenters. The number of hydrogen-bond donors (Lipinski definition) is 1. The summed E-state index contributed by atoms with van der Waals surface area (Å²) >= 11 is 6.31. The fraction of sp³-hybridized carbons (Fsp3) is 0.0909. The molecular formula is C22H17NO3S2. The molecule has 0 bridgehead atoms. The number of benzene rings is 3. The number of thioether (sulfide) groups is 1. The summed E-state index contributed by atoms with van der Waals surface area (Å²) in [7, 11) is 1.60. The second-order valence-corrected chi connectivity index (χ2v) is 7.88. The van der Waals surface area contributed by atoms with Crippen molar-refractivity contribution in [3.63, 3.8) is 0 Å². The van der Waals surface area contributed by atoms with Gasteiger partial charge in [0.2, 0.25) is 0 Å². The fourth-order valence-corrected chi connectivity index (χ4v) is 4.13. The molecule has 1 aliphatic heterocycles. The number of para-hydroxylation sites is 1. The molecule has 4 rings (SSSR count). The molecule has 1 fully saturated rings. The van der Waals surface area contributed by atoms with Gasteiger partial charge in [0.25, 0.3) is 5.91 Å². The Morgan fingerprint density at radius 3 is 2.64 bits per heavy atom. The molecule has 1 amide bonds. The molecule has 4 nitrogen and oxygen atoms in total. The highest BCUT2D eigenvalue weighted by Gasteiger charge is 2.23. The normalized spacial score (nSPS) is 15.1. The summed E-state index contributed by atoms with van der Waals surface area (Å²) in [5, 5.41) is 4.94. The highest BCUT2D eigenvalue weighted by atomic mass is 32.2. The number of ether oxygens (including phenoxy) is 2. The molecule has 1 N–H and O–H groups in total. The van der Waals surface area contributed by atoms with Crippen LogP contribution in [0.25, 0.3) is 16.8 Å². The van der Waals surface area contributed by atoms with Crippen molar-refractivity contribution < 1.29 is 14.3 Å². The summed E-state index contributed by atoms with van der Waals surface area (Å²) in [6, 6.07) is 20.0. The topological polar surface area (TPSA) is 47.6 Å². The third-order valence-electron chi connectivity index (χ3n) is 4.41. The van der Waals surface area contributed by atoms with E-state index in [1.54, 1.807) is 13.2 Å².